The molecule has 0 unspecified atom stereocenters. The SMILES string of the molecule is COC(=O)[C@H](CCCNC(=O)N=CN(C)C)N=CN(C)C. The van der Waals surface area contributed by atoms with Gasteiger partial charge in [-0.2, -0.15) is 4.99 Å². The average Bonchev–Trinajstić information content (AvgIpc) is 2.43. The molecule has 0 aliphatic heterocycles. The number of aliphatic imine (C=N–C) groups is 2. The Morgan fingerprint density at radius 2 is 1.81 bits per heavy atom. The van der Waals surface area contributed by atoms with Crippen molar-refractivity contribution in [3.8, 4) is 0 Å². The second kappa shape index (κ2) is 10.6. The predicted molar refractivity (Wildman–Crippen MR) is 82.8 cm³/mol. The van der Waals surface area contributed by atoms with Crippen molar-refractivity contribution in [2.24, 2.45) is 9.98 Å². The Balaban J connectivity index is 4.14. The summed E-state index contributed by atoms with van der Waals surface area (Å²) in [6.45, 7) is 0.425. The molecule has 0 aliphatic carbocycles. The summed E-state index contributed by atoms with van der Waals surface area (Å²) in [4.78, 5) is 34.1. The van der Waals surface area contributed by atoms with Crippen LogP contribution in [-0.4, -0.2) is 82.4 Å². The van der Waals surface area contributed by atoms with Crippen LogP contribution in [0, 0.1) is 0 Å². The minimum absolute atomic E-state index is 0.384. The molecule has 120 valence electrons. The molecule has 0 aliphatic rings. The third kappa shape index (κ3) is 10.3. The van der Waals surface area contributed by atoms with Gasteiger partial charge in [-0.05, 0) is 12.8 Å². The van der Waals surface area contributed by atoms with Crippen molar-refractivity contribution < 1.29 is 14.3 Å². The molecule has 8 nitrogen and oxygen atoms in total. The second-order valence-electron chi connectivity index (χ2n) is 4.85. The Morgan fingerprint density at radius 1 is 1.19 bits per heavy atom. The molecule has 0 aromatic carbocycles. The normalized spacial score (nSPS) is 12.4. The van der Waals surface area contributed by atoms with E-state index >= 15 is 0 Å². The van der Waals surface area contributed by atoms with Crippen molar-refractivity contribution in [1.82, 2.24) is 15.1 Å². The fourth-order valence-corrected chi connectivity index (χ4v) is 1.31. The Bertz CT molecular complexity index is 380. The van der Waals surface area contributed by atoms with Gasteiger partial charge in [-0.3, -0.25) is 4.99 Å². The first kappa shape index (κ1) is 18.9. The molecule has 2 amide bonds. The highest BCUT2D eigenvalue weighted by Gasteiger charge is 2.16. The van der Waals surface area contributed by atoms with Crippen molar-refractivity contribution in [3.05, 3.63) is 0 Å². The van der Waals surface area contributed by atoms with Crippen LogP contribution in [-0.2, 0) is 9.53 Å². The number of hydrogen-bond donors (Lipinski definition) is 1. The van der Waals surface area contributed by atoms with Crippen LogP contribution in [0.3, 0.4) is 0 Å². The minimum atomic E-state index is -0.556. The number of carbonyl (C=O) groups excluding carboxylic acids is 2. The van der Waals surface area contributed by atoms with Gasteiger partial charge in [0.15, 0.2) is 0 Å². The van der Waals surface area contributed by atoms with Crippen LogP contribution in [0.2, 0.25) is 0 Å². The van der Waals surface area contributed by atoms with E-state index in [1.807, 2.05) is 14.1 Å². The Morgan fingerprint density at radius 3 is 2.33 bits per heavy atom. The number of methoxy groups -OCH3 is 1. The summed E-state index contributed by atoms with van der Waals surface area (Å²) in [5.41, 5.74) is 0. The lowest BCUT2D eigenvalue weighted by Crippen LogP contribution is -2.26. The van der Waals surface area contributed by atoms with Crippen molar-refractivity contribution in [3.63, 3.8) is 0 Å². The van der Waals surface area contributed by atoms with Crippen LogP contribution < -0.4 is 5.32 Å². The average molecular weight is 299 g/mol. The molecule has 8 heteroatoms. The summed E-state index contributed by atoms with van der Waals surface area (Å²) in [6.07, 6.45) is 4.10. The molecule has 0 spiro atoms. The summed E-state index contributed by atoms with van der Waals surface area (Å²) in [6, 6.07) is -0.963. The molecule has 0 radical (unpaired) electrons. The molecule has 0 fully saturated rings. The topological polar surface area (TPSA) is 86.6 Å². The summed E-state index contributed by atoms with van der Waals surface area (Å²) in [7, 11) is 8.53. The molecule has 0 aromatic heterocycles. The second-order valence-corrected chi connectivity index (χ2v) is 4.85. The Hall–Kier alpha value is -2.12. The lowest BCUT2D eigenvalue weighted by Gasteiger charge is -2.11. The molecule has 1 N–H and O–H groups in total. The first-order chi connectivity index (χ1) is 9.86. The summed E-state index contributed by atoms with van der Waals surface area (Å²) < 4.78 is 4.70. The predicted octanol–water partition coefficient (Wildman–Crippen LogP) is 0.198. The van der Waals surface area contributed by atoms with Gasteiger partial charge in [0.2, 0.25) is 0 Å². The largest absolute Gasteiger partial charge is 0.467 e. The standard InChI is InChI=1S/C13H25N5O3/c1-17(2)9-15-11(12(19)21-5)7-6-8-14-13(20)16-10-18(3)4/h9-11H,6-8H2,1-5H3,(H,14,20)/t11-/m0/s1. The van der Waals surface area contributed by atoms with Crippen molar-refractivity contribution >= 4 is 24.7 Å². The van der Waals surface area contributed by atoms with Gasteiger partial charge in [-0.25, -0.2) is 9.59 Å². The number of nitrogens with one attached hydrogen (secondary N) is 1. The van der Waals surface area contributed by atoms with Gasteiger partial charge in [0.05, 0.1) is 19.8 Å². The van der Waals surface area contributed by atoms with Crippen molar-refractivity contribution in [1.29, 1.82) is 0 Å². The van der Waals surface area contributed by atoms with Crippen molar-refractivity contribution in [2.45, 2.75) is 18.9 Å². The number of hydrogen-bond acceptors (Lipinski definition) is 4. The van der Waals surface area contributed by atoms with Gasteiger partial charge in [0.1, 0.15) is 6.04 Å². The van der Waals surface area contributed by atoms with E-state index in [9.17, 15) is 9.59 Å². The molecule has 0 saturated heterocycles. The highest BCUT2D eigenvalue weighted by molar-refractivity contribution is 5.82. The van der Waals surface area contributed by atoms with Gasteiger partial charge in [-0.15, -0.1) is 0 Å². The van der Waals surface area contributed by atoms with Gasteiger partial charge in [0, 0.05) is 34.7 Å². The lowest BCUT2D eigenvalue weighted by atomic mass is 10.1. The smallest absolute Gasteiger partial charge is 0.342 e. The lowest BCUT2D eigenvalue weighted by molar-refractivity contribution is -0.142. The highest BCUT2D eigenvalue weighted by Crippen LogP contribution is 2.03. The quantitative estimate of drug-likeness (QED) is 0.299. The monoisotopic (exact) mass is 299 g/mol. The Kier molecular flexibility index (Phi) is 9.57. The van der Waals surface area contributed by atoms with E-state index in [0.29, 0.717) is 19.4 Å². The number of amides is 2. The van der Waals surface area contributed by atoms with E-state index < -0.39 is 12.1 Å². The number of nitrogens with zero attached hydrogens (tertiary/aromatic N) is 4. The first-order valence-corrected chi connectivity index (χ1v) is 6.62. The minimum Gasteiger partial charge on any atom is -0.467 e. The van der Waals surface area contributed by atoms with Gasteiger partial charge in [-0.1, -0.05) is 0 Å². The first-order valence-electron chi connectivity index (χ1n) is 6.62. The van der Waals surface area contributed by atoms with Crippen LogP contribution in [0.1, 0.15) is 12.8 Å². The zero-order chi connectivity index (χ0) is 16.3. The molecular weight excluding hydrogens is 274 g/mol. The fourth-order valence-electron chi connectivity index (χ4n) is 1.31. The fraction of sp³-hybridized carbons (Fsp3) is 0.692. The summed E-state index contributed by atoms with van der Waals surface area (Å²) in [5, 5.41) is 2.64. The number of rotatable bonds is 8. The van der Waals surface area contributed by atoms with Crippen molar-refractivity contribution in [2.75, 3.05) is 41.8 Å². The van der Waals surface area contributed by atoms with Gasteiger partial charge in [0.25, 0.3) is 0 Å². The maximum Gasteiger partial charge on any atom is 0.342 e. The van der Waals surface area contributed by atoms with E-state index in [1.54, 1.807) is 30.2 Å². The van der Waals surface area contributed by atoms with E-state index in [4.69, 9.17) is 4.74 Å². The Labute approximate surface area is 125 Å². The summed E-state index contributed by atoms with van der Waals surface area (Å²) >= 11 is 0. The highest BCUT2D eigenvalue weighted by atomic mass is 16.5. The molecular formula is C13H25N5O3. The molecule has 0 aromatic rings. The van der Waals surface area contributed by atoms with Gasteiger partial charge < -0.3 is 19.9 Å². The van der Waals surface area contributed by atoms with Crippen LogP contribution in [0.15, 0.2) is 9.98 Å². The molecule has 21 heavy (non-hydrogen) atoms. The maximum absolute atomic E-state index is 11.6. The van der Waals surface area contributed by atoms with Crippen LogP contribution in [0.25, 0.3) is 0 Å². The number of urea groups is 1. The van der Waals surface area contributed by atoms with E-state index in [1.165, 1.54) is 13.4 Å². The third-order valence-electron chi connectivity index (χ3n) is 2.29. The maximum atomic E-state index is 11.6. The number of ether oxygens (including phenoxy) is 1. The van der Waals surface area contributed by atoms with Crippen LogP contribution >= 0.6 is 0 Å². The van der Waals surface area contributed by atoms with E-state index in [-0.39, 0.29) is 5.97 Å². The van der Waals surface area contributed by atoms with E-state index in [0.717, 1.165) is 0 Å². The summed E-state index contributed by atoms with van der Waals surface area (Å²) in [5.74, 6) is -0.384. The zero-order valence-electron chi connectivity index (χ0n) is 13.4. The number of carbonyl (C=O) groups is 2. The van der Waals surface area contributed by atoms with Crippen LogP contribution in [0.4, 0.5) is 4.79 Å². The molecule has 0 rings (SSSR count). The van der Waals surface area contributed by atoms with E-state index in [2.05, 4.69) is 15.3 Å². The van der Waals surface area contributed by atoms with Crippen LogP contribution in [0.5, 0.6) is 0 Å². The molecule has 0 bridgehead atoms. The molecule has 1 atom stereocenters. The van der Waals surface area contributed by atoms with Gasteiger partial charge >= 0.3 is 12.0 Å². The molecule has 0 saturated carbocycles. The number of esters is 1. The zero-order valence-corrected chi connectivity index (χ0v) is 13.4. The molecule has 0 heterocycles. The third-order valence-corrected chi connectivity index (χ3v) is 2.29.